The number of benzene rings is 2. The summed E-state index contributed by atoms with van der Waals surface area (Å²) in [6, 6.07) is 16.9. The third-order valence-electron chi connectivity index (χ3n) is 6.18. The van der Waals surface area contributed by atoms with Crippen LogP contribution in [0.5, 0.6) is 11.5 Å². The molecule has 2 aliphatic rings. The number of para-hydroxylation sites is 1. The highest BCUT2D eigenvalue weighted by atomic mass is 28.4. The normalized spacial score (nSPS) is 20.7. The van der Waals surface area contributed by atoms with Gasteiger partial charge in [0.1, 0.15) is 11.5 Å². The van der Waals surface area contributed by atoms with E-state index in [-0.39, 0.29) is 24.5 Å². The van der Waals surface area contributed by atoms with Crippen LogP contribution in [-0.4, -0.2) is 58.0 Å². The fourth-order valence-corrected chi connectivity index (χ4v) is 5.61. The van der Waals surface area contributed by atoms with E-state index >= 15 is 0 Å². The number of hydrogen-bond donors (Lipinski definition) is 0. The topological polar surface area (TPSA) is 66.5 Å². The van der Waals surface area contributed by atoms with Crippen LogP contribution >= 0.6 is 0 Å². The summed E-state index contributed by atoms with van der Waals surface area (Å²) in [6.45, 7) is 7.75. The largest absolute Gasteiger partial charge is 0.547 e. The number of carbonyl (C=O) groups is 1. The Morgan fingerprint density at radius 1 is 0.972 bits per heavy atom. The molecule has 2 aromatic rings. The van der Waals surface area contributed by atoms with Crippen LogP contribution in [0, 0.1) is 0 Å². The molecule has 0 N–H and O–H groups in total. The van der Waals surface area contributed by atoms with Crippen molar-refractivity contribution in [3.05, 3.63) is 72.0 Å². The van der Waals surface area contributed by atoms with Gasteiger partial charge in [0.25, 0.3) is 0 Å². The molecule has 4 rings (SSSR count). The van der Waals surface area contributed by atoms with Crippen LogP contribution in [-0.2, 0) is 20.3 Å². The van der Waals surface area contributed by atoms with E-state index in [1.54, 1.807) is 19.2 Å². The quantitative estimate of drug-likeness (QED) is 0.398. The molecule has 0 bridgehead atoms. The summed E-state index contributed by atoms with van der Waals surface area (Å²) in [7, 11) is -0.178. The first kappa shape index (κ1) is 26.3. The molecular weight excluding hydrogens is 474 g/mol. The molecule has 0 aromatic heterocycles. The van der Waals surface area contributed by atoms with Crippen molar-refractivity contribution >= 4 is 14.4 Å². The lowest BCUT2D eigenvalue weighted by Crippen LogP contribution is -2.52. The highest BCUT2D eigenvalue weighted by Crippen LogP contribution is 2.32. The lowest BCUT2D eigenvalue weighted by atomic mass is 9.93. The van der Waals surface area contributed by atoms with Gasteiger partial charge in [-0.3, -0.25) is 4.90 Å². The molecule has 0 spiro atoms. The average Bonchev–Trinajstić information content (AvgIpc) is 3.36. The van der Waals surface area contributed by atoms with E-state index in [1.165, 1.54) is 0 Å². The predicted octanol–water partition coefficient (Wildman–Crippen LogP) is 5.77. The maximum atomic E-state index is 13.6. The number of carbonyl (C=O) groups excluding carboxylic acids is 1. The van der Waals surface area contributed by atoms with Crippen molar-refractivity contribution in [2.45, 2.75) is 63.7 Å². The molecule has 1 amide bonds. The van der Waals surface area contributed by atoms with E-state index in [0.717, 1.165) is 17.1 Å². The van der Waals surface area contributed by atoms with Gasteiger partial charge in [-0.1, -0.05) is 30.3 Å². The van der Waals surface area contributed by atoms with Gasteiger partial charge in [-0.05, 0) is 68.4 Å². The van der Waals surface area contributed by atoms with Gasteiger partial charge in [0.15, 0.2) is 6.29 Å². The van der Waals surface area contributed by atoms with Crippen LogP contribution in [0.1, 0.15) is 24.8 Å². The first-order chi connectivity index (χ1) is 17.3. The molecule has 7 nitrogen and oxygen atoms in total. The Labute approximate surface area is 215 Å². The zero-order chi connectivity index (χ0) is 25.5. The summed E-state index contributed by atoms with van der Waals surface area (Å²) < 4.78 is 29.0. The van der Waals surface area contributed by atoms with E-state index in [0.29, 0.717) is 44.6 Å². The predicted molar refractivity (Wildman–Crippen MR) is 141 cm³/mol. The number of ether oxygens (including phenoxy) is 4. The standard InChI is InChI=1S/C28H37NO6Si/c1-31-24-13-10-21(11-14-24)18-23-20-26(35-36(2,3)4)19-22(12-15-27-32-16-17-33-27)29(23)28(30)34-25-8-6-5-7-9-25/h5-11,13-14,19,22-23,27H,12,15-18,20H2,1-4H3. The summed E-state index contributed by atoms with van der Waals surface area (Å²) in [5.41, 5.74) is 1.12. The molecule has 1 saturated heterocycles. The van der Waals surface area contributed by atoms with Crippen molar-refractivity contribution in [2.75, 3.05) is 20.3 Å². The molecule has 0 saturated carbocycles. The van der Waals surface area contributed by atoms with Crippen LogP contribution in [0.2, 0.25) is 19.6 Å². The van der Waals surface area contributed by atoms with Gasteiger partial charge < -0.3 is 23.4 Å². The molecule has 0 radical (unpaired) electrons. The molecule has 2 aromatic carbocycles. The zero-order valence-electron chi connectivity index (χ0n) is 21.6. The Hall–Kier alpha value is -2.81. The van der Waals surface area contributed by atoms with Crippen LogP contribution < -0.4 is 9.47 Å². The van der Waals surface area contributed by atoms with Gasteiger partial charge in [0.05, 0.1) is 32.1 Å². The highest BCUT2D eigenvalue weighted by Gasteiger charge is 2.38. The SMILES string of the molecule is COc1ccc(CC2CC(O[Si](C)(C)C)=CC(CCC3OCCO3)N2C(=O)Oc2ccccc2)cc1. The van der Waals surface area contributed by atoms with Crippen LogP contribution in [0.15, 0.2) is 66.4 Å². The molecule has 2 atom stereocenters. The summed E-state index contributed by atoms with van der Waals surface area (Å²) in [5.74, 6) is 2.29. The van der Waals surface area contributed by atoms with Gasteiger partial charge in [0, 0.05) is 18.9 Å². The average molecular weight is 512 g/mol. The lowest BCUT2D eigenvalue weighted by molar-refractivity contribution is -0.0512. The van der Waals surface area contributed by atoms with Crippen molar-refractivity contribution in [3.63, 3.8) is 0 Å². The molecular formula is C28H37NO6Si. The third kappa shape index (κ3) is 7.35. The van der Waals surface area contributed by atoms with E-state index in [4.69, 9.17) is 23.4 Å². The van der Waals surface area contributed by atoms with Crippen molar-refractivity contribution in [3.8, 4) is 11.5 Å². The molecule has 194 valence electrons. The first-order valence-electron chi connectivity index (χ1n) is 12.6. The molecule has 8 heteroatoms. The third-order valence-corrected chi connectivity index (χ3v) is 7.06. The fraction of sp³-hybridized carbons (Fsp3) is 0.464. The maximum Gasteiger partial charge on any atom is 0.416 e. The zero-order valence-corrected chi connectivity index (χ0v) is 22.6. The molecule has 1 fully saturated rings. The second-order valence-electron chi connectivity index (χ2n) is 10.2. The van der Waals surface area contributed by atoms with Crippen molar-refractivity contribution in [1.82, 2.24) is 4.90 Å². The Morgan fingerprint density at radius 3 is 2.31 bits per heavy atom. The first-order valence-corrected chi connectivity index (χ1v) is 16.0. The Kier molecular flexibility index (Phi) is 8.71. The Morgan fingerprint density at radius 2 is 1.67 bits per heavy atom. The number of rotatable bonds is 9. The fourth-order valence-electron chi connectivity index (χ4n) is 4.67. The summed E-state index contributed by atoms with van der Waals surface area (Å²) in [6.07, 6.45) is 4.18. The number of nitrogens with zero attached hydrogens (tertiary/aromatic N) is 1. The van der Waals surface area contributed by atoms with E-state index in [9.17, 15) is 4.79 Å². The summed E-state index contributed by atoms with van der Waals surface area (Å²) >= 11 is 0. The number of hydrogen-bond acceptors (Lipinski definition) is 6. The monoisotopic (exact) mass is 511 g/mol. The molecule has 2 unspecified atom stereocenters. The lowest BCUT2D eigenvalue weighted by Gasteiger charge is -2.41. The van der Waals surface area contributed by atoms with Gasteiger partial charge in [-0.2, -0.15) is 0 Å². The molecule has 2 heterocycles. The molecule has 2 aliphatic heterocycles. The highest BCUT2D eigenvalue weighted by molar-refractivity contribution is 6.70. The minimum absolute atomic E-state index is 0.124. The van der Waals surface area contributed by atoms with E-state index < -0.39 is 8.32 Å². The minimum atomic E-state index is -1.84. The van der Waals surface area contributed by atoms with E-state index in [2.05, 4.69) is 25.7 Å². The van der Waals surface area contributed by atoms with Crippen LogP contribution in [0.3, 0.4) is 0 Å². The summed E-state index contributed by atoms with van der Waals surface area (Å²) in [4.78, 5) is 15.5. The Balaban J connectivity index is 1.62. The van der Waals surface area contributed by atoms with Gasteiger partial charge in [0.2, 0.25) is 8.32 Å². The minimum Gasteiger partial charge on any atom is -0.547 e. The Bertz CT molecular complexity index is 1010. The van der Waals surface area contributed by atoms with Crippen LogP contribution in [0.4, 0.5) is 4.79 Å². The second-order valence-corrected chi connectivity index (χ2v) is 14.6. The maximum absolute atomic E-state index is 13.6. The van der Waals surface area contributed by atoms with Crippen LogP contribution in [0.25, 0.3) is 0 Å². The van der Waals surface area contributed by atoms with Gasteiger partial charge in [-0.25, -0.2) is 4.79 Å². The van der Waals surface area contributed by atoms with Crippen molar-refractivity contribution in [1.29, 1.82) is 0 Å². The molecule has 36 heavy (non-hydrogen) atoms. The van der Waals surface area contributed by atoms with E-state index in [1.807, 2.05) is 47.4 Å². The van der Waals surface area contributed by atoms with Gasteiger partial charge in [-0.15, -0.1) is 0 Å². The summed E-state index contributed by atoms with van der Waals surface area (Å²) in [5, 5.41) is 0. The molecule has 0 aliphatic carbocycles. The smallest absolute Gasteiger partial charge is 0.416 e. The van der Waals surface area contributed by atoms with Crippen molar-refractivity contribution < 1.29 is 28.2 Å². The van der Waals surface area contributed by atoms with Gasteiger partial charge >= 0.3 is 6.09 Å². The van der Waals surface area contributed by atoms with Crippen molar-refractivity contribution in [2.24, 2.45) is 0 Å². The number of amides is 1. The second kappa shape index (κ2) is 11.9. The number of methoxy groups -OCH3 is 1.